The largest absolute Gasteiger partial charge is 0.480 e. The van der Waals surface area contributed by atoms with E-state index in [1.54, 1.807) is 37.3 Å². The third-order valence-electron chi connectivity index (χ3n) is 2.77. The molecule has 4 nitrogen and oxygen atoms in total. The van der Waals surface area contributed by atoms with Crippen molar-refractivity contribution in [2.24, 2.45) is 5.41 Å². The predicted molar refractivity (Wildman–Crippen MR) is 58.1 cm³/mol. The van der Waals surface area contributed by atoms with Crippen molar-refractivity contribution in [2.45, 2.75) is 19.8 Å². The Morgan fingerprint density at radius 1 is 1.12 bits per heavy atom. The van der Waals surface area contributed by atoms with Crippen molar-refractivity contribution >= 4 is 11.9 Å². The van der Waals surface area contributed by atoms with Gasteiger partial charge in [-0.3, -0.25) is 9.59 Å². The number of carbonyl (C=O) groups is 2. The molecule has 0 amide bonds. The van der Waals surface area contributed by atoms with Gasteiger partial charge in [-0.25, -0.2) is 0 Å². The summed E-state index contributed by atoms with van der Waals surface area (Å²) < 4.78 is 0. The Hall–Kier alpha value is -1.84. The van der Waals surface area contributed by atoms with E-state index < -0.39 is 17.4 Å². The number of hydrogen-bond donors (Lipinski definition) is 2. The molecular formula is C12H14O4. The number of hydrogen-bond acceptors (Lipinski definition) is 2. The van der Waals surface area contributed by atoms with Crippen LogP contribution in [-0.2, 0) is 16.0 Å². The maximum atomic E-state index is 11.1. The maximum absolute atomic E-state index is 11.1. The van der Waals surface area contributed by atoms with Crippen molar-refractivity contribution in [3.63, 3.8) is 0 Å². The molecule has 86 valence electrons. The molecule has 2 N–H and O–H groups in total. The monoisotopic (exact) mass is 222 g/mol. The van der Waals surface area contributed by atoms with E-state index in [1.807, 2.05) is 0 Å². The lowest BCUT2D eigenvalue weighted by Crippen LogP contribution is -2.40. The van der Waals surface area contributed by atoms with Gasteiger partial charge in [0.25, 0.3) is 0 Å². The highest BCUT2D eigenvalue weighted by atomic mass is 16.4. The maximum Gasteiger partial charge on any atom is 0.321 e. The zero-order valence-electron chi connectivity index (χ0n) is 9.01. The zero-order valence-corrected chi connectivity index (χ0v) is 9.01. The Bertz CT molecular complexity index is 369. The van der Waals surface area contributed by atoms with Crippen molar-refractivity contribution in [1.29, 1.82) is 0 Å². The van der Waals surface area contributed by atoms with Gasteiger partial charge in [-0.15, -0.1) is 0 Å². The first kappa shape index (κ1) is 12.2. The fourth-order valence-electron chi connectivity index (χ4n) is 1.61. The van der Waals surface area contributed by atoms with E-state index in [-0.39, 0.29) is 12.8 Å². The van der Waals surface area contributed by atoms with E-state index in [0.717, 1.165) is 0 Å². The van der Waals surface area contributed by atoms with Gasteiger partial charge >= 0.3 is 11.9 Å². The van der Waals surface area contributed by atoms with E-state index in [1.165, 1.54) is 0 Å². The summed E-state index contributed by atoms with van der Waals surface area (Å²) in [6.07, 6.45) is 0.0710. The van der Waals surface area contributed by atoms with Crippen molar-refractivity contribution in [3.8, 4) is 0 Å². The lowest BCUT2D eigenvalue weighted by molar-refractivity contribution is -0.164. The number of carboxylic acids is 2. The first-order valence-electron chi connectivity index (χ1n) is 5.03. The average Bonchev–Trinajstić information content (AvgIpc) is 2.26. The van der Waals surface area contributed by atoms with E-state index >= 15 is 0 Å². The van der Waals surface area contributed by atoms with Crippen molar-refractivity contribution < 1.29 is 19.8 Å². The molecule has 1 rings (SSSR count). The summed E-state index contributed by atoms with van der Waals surface area (Å²) in [6, 6.07) is 8.80. The second-order valence-electron chi connectivity index (χ2n) is 3.71. The number of benzene rings is 1. The number of carboxylic acid groups (broad SMARTS) is 2. The summed E-state index contributed by atoms with van der Waals surface area (Å²) in [5.74, 6) is -2.57. The minimum absolute atomic E-state index is 0.00894. The van der Waals surface area contributed by atoms with Crippen LogP contribution in [0.15, 0.2) is 30.3 Å². The Morgan fingerprint density at radius 3 is 2.00 bits per heavy atom. The highest BCUT2D eigenvalue weighted by Crippen LogP contribution is 2.28. The lowest BCUT2D eigenvalue weighted by Gasteiger charge is -2.23. The van der Waals surface area contributed by atoms with Crippen LogP contribution in [0, 0.1) is 5.41 Å². The van der Waals surface area contributed by atoms with Crippen molar-refractivity contribution in [3.05, 3.63) is 35.9 Å². The second kappa shape index (κ2) is 4.79. The van der Waals surface area contributed by atoms with Gasteiger partial charge in [0.15, 0.2) is 5.41 Å². The molecule has 0 spiro atoms. The molecule has 0 saturated carbocycles. The molecule has 0 heterocycles. The van der Waals surface area contributed by atoms with E-state index in [2.05, 4.69) is 0 Å². The Morgan fingerprint density at radius 2 is 1.62 bits per heavy atom. The summed E-state index contributed by atoms with van der Waals surface area (Å²) in [4.78, 5) is 22.2. The molecule has 0 aliphatic rings. The molecule has 0 aliphatic heterocycles. The van der Waals surface area contributed by atoms with E-state index in [0.29, 0.717) is 5.56 Å². The zero-order chi connectivity index (χ0) is 12.2. The van der Waals surface area contributed by atoms with Crippen LogP contribution < -0.4 is 0 Å². The van der Waals surface area contributed by atoms with Gasteiger partial charge < -0.3 is 10.2 Å². The van der Waals surface area contributed by atoms with Gasteiger partial charge in [0.05, 0.1) is 0 Å². The molecule has 0 radical (unpaired) electrons. The third kappa shape index (κ3) is 2.21. The quantitative estimate of drug-likeness (QED) is 0.745. The SMILES string of the molecule is CCC(Cc1ccccc1)(C(=O)O)C(=O)O. The van der Waals surface area contributed by atoms with Crippen LogP contribution in [0.4, 0.5) is 0 Å². The van der Waals surface area contributed by atoms with Gasteiger partial charge in [-0.1, -0.05) is 37.3 Å². The molecule has 0 aromatic heterocycles. The summed E-state index contributed by atoms with van der Waals surface area (Å²) in [6.45, 7) is 1.57. The van der Waals surface area contributed by atoms with Crippen LogP contribution in [0.5, 0.6) is 0 Å². The summed E-state index contributed by atoms with van der Waals surface area (Å²) >= 11 is 0. The molecule has 0 fully saturated rings. The second-order valence-corrected chi connectivity index (χ2v) is 3.71. The molecule has 0 aliphatic carbocycles. The standard InChI is InChI=1S/C12H14O4/c1-2-12(10(13)14,11(15)16)8-9-6-4-3-5-7-9/h3-7H,2,8H2,1H3,(H,13,14)(H,15,16). The highest BCUT2D eigenvalue weighted by Gasteiger charge is 2.44. The topological polar surface area (TPSA) is 74.6 Å². The van der Waals surface area contributed by atoms with Crippen LogP contribution >= 0.6 is 0 Å². The summed E-state index contributed by atoms with van der Waals surface area (Å²) in [5, 5.41) is 18.1. The van der Waals surface area contributed by atoms with Crippen LogP contribution in [-0.4, -0.2) is 22.2 Å². The molecule has 0 atom stereocenters. The van der Waals surface area contributed by atoms with Gasteiger partial charge in [-0.05, 0) is 18.4 Å². The molecule has 1 aromatic rings. The number of rotatable bonds is 5. The van der Waals surface area contributed by atoms with Gasteiger partial charge in [0, 0.05) is 0 Å². The lowest BCUT2D eigenvalue weighted by atomic mass is 9.79. The van der Waals surface area contributed by atoms with Gasteiger partial charge in [-0.2, -0.15) is 0 Å². The van der Waals surface area contributed by atoms with Crippen molar-refractivity contribution in [1.82, 2.24) is 0 Å². The fourth-order valence-corrected chi connectivity index (χ4v) is 1.61. The third-order valence-corrected chi connectivity index (χ3v) is 2.77. The van der Waals surface area contributed by atoms with Crippen LogP contribution in [0.1, 0.15) is 18.9 Å². The number of aliphatic carboxylic acids is 2. The molecular weight excluding hydrogens is 208 g/mol. The first-order chi connectivity index (χ1) is 7.53. The highest BCUT2D eigenvalue weighted by molar-refractivity contribution is 5.98. The summed E-state index contributed by atoms with van der Waals surface area (Å²) in [7, 11) is 0. The van der Waals surface area contributed by atoms with E-state index in [9.17, 15) is 9.59 Å². The van der Waals surface area contributed by atoms with E-state index in [4.69, 9.17) is 10.2 Å². The van der Waals surface area contributed by atoms with Crippen LogP contribution in [0.2, 0.25) is 0 Å². The Kier molecular flexibility index (Phi) is 3.66. The van der Waals surface area contributed by atoms with Gasteiger partial charge in [0.2, 0.25) is 0 Å². The normalized spacial score (nSPS) is 11.1. The molecule has 16 heavy (non-hydrogen) atoms. The Balaban J connectivity index is 3.04. The first-order valence-corrected chi connectivity index (χ1v) is 5.03. The van der Waals surface area contributed by atoms with Crippen LogP contribution in [0.3, 0.4) is 0 Å². The van der Waals surface area contributed by atoms with Crippen LogP contribution in [0.25, 0.3) is 0 Å². The minimum atomic E-state index is -1.72. The fraction of sp³-hybridized carbons (Fsp3) is 0.333. The van der Waals surface area contributed by atoms with Crippen molar-refractivity contribution in [2.75, 3.05) is 0 Å². The molecule has 0 bridgehead atoms. The summed E-state index contributed by atoms with van der Waals surface area (Å²) in [5.41, 5.74) is -1.00. The average molecular weight is 222 g/mol. The molecule has 0 unspecified atom stereocenters. The molecule has 4 heteroatoms. The molecule has 1 aromatic carbocycles. The smallest absolute Gasteiger partial charge is 0.321 e. The van der Waals surface area contributed by atoms with Gasteiger partial charge in [0.1, 0.15) is 0 Å². The predicted octanol–water partition coefficient (Wildman–Crippen LogP) is 1.79. The minimum Gasteiger partial charge on any atom is -0.480 e. The molecule has 0 saturated heterocycles. The Labute approximate surface area is 93.5 Å².